The van der Waals surface area contributed by atoms with Crippen LogP contribution in [-0.2, 0) is 19.6 Å². The lowest BCUT2D eigenvalue weighted by Gasteiger charge is -2.17. The van der Waals surface area contributed by atoms with Gasteiger partial charge in [0.25, 0.3) is 0 Å². The Hall–Kier alpha value is -3.15. The second-order valence-corrected chi connectivity index (χ2v) is 6.26. The Morgan fingerprint density at radius 2 is 1.96 bits per heavy atom. The van der Waals surface area contributed by atoms with Crippen LogP contribution < -0.4 is 5.32 Å². The number of aryl methyl sites for hydroxylation is 1. The van der Waals surface area contributed by atoms with Crippen LogP contribution in [0.3, 0.4) is 0 Å². The number of hydrogen-bond acceptors (Lipinski definition) is 3. The van der Waals surface area contributed by atoms with Gasteiger partial charge in [-0.25, -0.2) is 9.78 Å². The van der Waals surface area contributed by atoms with Crippen LogP contribution in [0.25, 0.3) is 0 Å². The van der Waals surface area contributed by atoms with Crippen molar-refractivity contribution in [3.8, 4) is 0 Å². The lowest BCUT2D eigenvalue weighted by molar-refractivity contribution is 0.206. The lowest BCUT2D eigenvalue weighted by atomic mass is 10.1. The first-order chi connectivity index (χ1) is 12.6. The van der Waals surface area contributed by atoms with Gasteiger partial charge < -0.3 is 14.8 Å². The van der Waals surface area contributed by atoms with E-state index in [4.69, 9.17) is 0 Å². The molecule has 134 valence electrons. The molecular formula is C20H23N5O. The molecule has 0 spiro atoms. The molecule has 0 saturated carbocycles. The molecule has 0 radical (unpaired) electrons. The highest BCUT2D eigenvalue weighted by molar-refractivity contribution is 5.73. The molecular weight excluding hydrogens is 326 g/mol. The zero-order chi connectivity index (χ0) is 18.4. The van der Waals surface area contributed by atoms with Crippen LogP contribution in [0, 0.1) is 6.92 Å². The van der Waals surface area contributed by atoms with Gasteiger partial charge in [0.05, 0.1) is 12.2 Å². The summed E-state index contributed by atoms with van der Waals surface area (Å²) in [4.78, 5) is 22.4. The quantitative estimate of drug-likeness (QED) is 0.744. The summed E-state index contributed by atoms with van der Waals surface area (Å²) in [5.74, 6) is 0.986. The molecule has 0 aliphatic rings. The van der Waals surface area contributed by atoms with E-state index in [-0.39, 0.29) is 6.03 Å². The van der Waals surface area contributed by atoms with Gasteiger partial charge in [0.1, 0.15) is 5.82 Å². The number of carbonyl (C=O) groups is 1. The molecule has 0 aliphatic carbocycles. The van der Waals surface area contributed by atoms with E-state index in [1.807, 2.05) is 43.5 Å². The SMILES string of the molecule is Cc1nccn1Cc1cccc(CNC(=O)N(C)Cc2ccccn2)c1. The number of nitrogens with one attached hydrogen (secondary N) is 1. The van der Waals surface area contributed by atoms with Gasteiger partial charge in [0.15, 0.2) is 0 Å². The molecule has 2 amide bonds. The Balaban J connectivity index is 1.55. The fourth-order valence-corrected chi connectivity index (χ4v) is 2.72. The molecule has 0 saturated heterocycles. The summed E-state index contributed by atoms with van der Waals surface area (Å²) in [5, 5.41) is 2.96. The third kappa shape index (κ3) is 4.69. The van der Waals surface area contributed by atoms with Crippen LogP contribution in [0.2, 0.25) is 0 Å². The van der Waals surface area contributed by atoms with E-state index in [1.54, 1.807) is 24.3 Å². The minimum atomic E-state index is -0.119. The van der Waals surface area contributed by atoms with E-state index in [9.17, 15) is 4.79 Å². The monoisotopic (exact) mass is 349 g/mol. The Morgan fingerprint density at radius 3 is 2.69 bits per heavy atom. The number of rotatable bonds is 6. The summed E-state index contributed by atoms with van der Waals surface area (Å²) in [6.45, 7) is 3.73. The second kappa shape index (κ2) is 8.29. The number of hydrogen-bond donors (Lipinski definition) is 1. The van der Waals surface area contributed by atoms with Crippen LogP contribution in [-0.4, -0.2) is 32.5 Å². The molecule has 3 rings (SSSR count). The molecule has 26 heavy (non-hydrogen) atoms. The first-order valence-corrected chi connectivity index (χ1v) is 8.56. The van der Waals surface area contributed by atoms with Gasteiger partial charge in [-0.1, -0.05) is 30.3 Å². The predicted octanol–water partition coefficient (Wildman–Crippen LogP) is 2.98. The number of imidazole rings is 1. The van der Waals surface area contributed by atoms with Crippen LogP contribution in [0.1, 0.15) is 22.6 Å². The second-order valence-electron chi connectivity index (χ2n) is 6.26. The first-order valence-electron chi connectivity index (χ1n) is 8.56. The number of aromatic nitrogens is 3. The first kappa shape index (κ1) is 17.7. The number of nitrogens with zero attached hydrogens (tertiary/aromatic N) is 4. The van der Waals surface area contributed by atoms with Crippen molar-refractivity contribution in [2.75, 3.05) is 7.05 Å². The number of carbonyl (C=O) groups excluding carboxylic acids is 1. The van der Waals surface area contributed by atoms with Gasteiger partial charge in [-0.3, -0.25) is 4.98 Å². The smallest absolute Gasteiger partial charge is 0.317 e. The van der Waals surface area contributed by atoms with E-state index in [0.717, 1.165) is 23.6 Å². The Kier molecular flexibility index (Phi) is 5.63. The summed E-state index contributed by atoms with van der Waals surface area (Å²) in [6.07, 6.45) is 5.50. The van der Waals surface area contributed by atoms with E-state index in [2.05, 4.69) is 32.0 Å². The van der Waals surface area contributed by atoms with Crippen LogP contribution in [0.15, 0.2) is 61.1 Å². The summed E-state index contributed by atoms with van der Waals surface area (Å²) in [5.41, 5.74) is 3.11. The van der Waals surface area contributed by atoms with Gasteiger partial charge >= 0.3 is 6.03 Å². The van der Waals surface area contributed by atoms with Crippen molar-refractivity contribution in [3.05, 3.63) is 83.7 Å². The summed E-state index contributed by atoms with van der Waals surface area (Å²) in [6, 6.07) is 13.8. The average Bonchev–Trinajstić information content (AvgIpc) is 3.05. The maximum atomic E-state index is 12.3. The van der Waals surface area contributed by atoms with Crippen molar-refractivity contribution in [3.63, 3.8) is 0 Å². The number of benzene rings is 1. The fourth-order valence-electron chi connectivity index (χ4n) is 2.72. The van der Waals surface area contributed by atoms with Gasteiger partial charge in [-0.05, 0) is 30.2 Å². The molecule has 0 atom stereocenters. The number of amides is 2. The zero-order valence-corrected chi connectivity index (χ0v) is 15.1. The summed E-state index contributed by atoms with van der Waals surface area (Å²) >= 11 is 0. The van der Waals surface area contributed by atoms with E-state index in [1.165, 1.54) is 5.56 Å². The maximum absolute atomic E-state index is 12.3. The standard InChI is InChI=1S/C20H23N5O/c1-16-21-10-11-25(16)14-18-7-5-6-17(12-18)13-23-20(26)24(2)15-19-8-3-4-9-22-19/h3-12H,13-15H2,1-2H3,(H,23,26). The molecule has 1 aromatic carbocycles. The van der Waals surface area contributed by atoms with Gasteiger partial charge in [0.2, 0.25) is 0 Å². The largest absolute Gasteiger partial charge is 0.334 e. The van der Waals surface area contributed by atoms with Crippen molar-refractivity contribution in [2.24, 2.45) is 0 Å². The molecule has 0 unspecified atom stereocenters. The number of pyridine rings is 1. The highest BCUT2D eigenvalue weighted by Crippen LogP contribution is 2.09. The highest BCUT2D eigenvalue weighted by atomic mass is 16.2. The molecule has 0 aliphatic heterocycles. The molecule has 3 aromatic rings. The van der Waals surface area contributed by atoms with Crippen LogP contribution in [0.4, 0.5) is 4.79 Å². The van der Waals surface area contributed by atoms with Crippen LogP contribution >= 0.6 is 0 Å². The van der Waals surface area contributed by atoms with Crippen molar-refractivity contribution < 1.29 is 4.79 Å². The van der Waals surface area contributed by atoms with E-state index < -0.39 is 0 Å². The Labute approximate surface area is 153 Å². The molecule has 6 nitrogen and oxygen atoms in total. The summed E-state index contributed by atoms with van der Waals surface area (Å²) in [7, 11) is 1.77. The minimum Gasteiger partial charge on any atom is -0.334 e. The summed E-state index contributed by atoms with van der Waals surface area (Å²) < 4.78 is 2.10. The lowest BCUT2D eigenvalue weighted by Crippen LogP contribution is -2.36. The highest BCUT2D eigenvalue weighted by Gasteiger charge is 2.09. The molecule has 6 heteroatoms. The van der Waals surface area contributed by atoms with Gasteiger partial charge in [0, 0.05) is 38.7 Å². The van der Waals surface area contributed by atoms with Crippen molar-refractivity contribution in [1.82, 2.24) is 24.8 Å². The van der Waals surface area contributed by atoms with Gasteiger partial charge in [-0.15, -0.1) is 0 Å². The third-order valence-corrected chi connectivity index (χ3v) is 4.18. The predicted molar refractivity (Wildman–Crippen MR) is 100 cm³/mol. The van der Waals surface area contributed by atoms with Crippen molar-refractivity contribution >= 4 is 6.03 Å². The Morgan fingerprint density at radius 1 is 1.12 bits per heavy atom. The number of urea groups is 1. The minimum absolute atomic E-state index is 0.119. The van der Waals surface area contributed by atoms with Crippen molar-refractivity contribution in [2.45, 2.75) is 26.6 Å². The molecule has 2 heterocycles. The zero-order valence-electron chi connectivity index (χ0n) is 15.1. The Bertz CT molecular complexity index is 859. The van der Waals surface area contributed by atoms with Gasteiger partial charge in [-0.2, -0.15) is 0 Å². The molecule has 2 aromatic heterocycles. The fraction of sp³-hybridized carbons (Fsp3) is 0.250. The molecule has 0 bridgehead atoms. The van der Waals surface area contributed by atoms with E-state index in [0.29, 0.717) is 13.1 Å². The third-order valence-electron chi connectivity index (χ3n) is 4.18. The van der Waals surface area contributed by atoms with E-state index >= 15 is 0 Å². The molecule has 1 N–H and O–H groups in total. The van der Waals surface area contributed by atoms with Crippen LogP contribution in [0.5, 0.6) is 0 Å². The topological polar surface area (TPSA) is 63.1 Å². The normalized spacial score (nSPS) is 10.5. The average molecular weight is 349 g/mol. The maximum Gasteiger partial charge on any atom is 0.317 e. The molecule has 0 fully saturated rings. The van der Waals surface area contributed by atoms with Crippen molar-refractivity contribution in [1.29, 1.82) is 0 Å².